The quantitative estimate of drug-likeness (QED) is 0.550. The van der Waals surface area contributed by atoms with Gasteiger partial charge in [0.1, 0.15) is 0 Å². The van der Waals surface area contributed by atoms with Crippen molar-refractivity contribution in [2.75, 3.05) is 26.3 Å². The van der Waals surface area contributed by atoms with E-state index in [4.69, 9.17) is 9.47 Å². The first-order valence-corrected chi connectivity index (χ1v) is 8.21. The summed E-state index contributed by atoms with van der Waals surface area (Å²) in [5.41, 5.74) is 0. The zero-order chi connectivity index (χ0) is 17.2. The van der Waals surface area contributed by atoms with Gasteiger partial charge >= 0.3 is 18.2 Å². The summed E-state index contributed by atoms with van der Waals surface area (Å²) in [6, 6.07) is 0. The van der Waals surface area contributed by atoms with E-state index in [1.807, 2.05) is 20.8 Å². The number of nitrogens with zero attached hydrogens (tertiary/aromatic N) is 1. The standard InChI is InChI=1S/C16H27NO6/c1-4-9-21-15(19)17-7-5-13(6-8-17)10-14(18)23-16(20)22-11-12(2)3/h12-13H,4-11H2,1-3H3. The molecule has 1 saturated heterocycles. The van der Waals surface area contributed by atoms with Gasteiger partial charge in [-0.15, -0.1) is 0 Å². The highest BCUT2D eigenvalue weighted by atomic mass is 16.7. The third-order valence-electron chi connectivity index (χ3n) is 3.49. The first-order valence-electron chi connectivity index (χ1n) is 8.21. The number of esters is 1. The number of hydrogen-bond donors (Lipinski definition) is 0. The van der Waals surface area contributed by atoms with Gasteiger partial charge in [-0.3, -0.25) is 4.79 Å². The molecule has 7 nitrogen and oxygen atoms in total. The van der Waals surface area contributed by atoms with Crippen molar-refractivity contribution in [1.29, 1.82) is 0 Å². The largest absolute Gasteiger partial charge is 0.516 e. The maximum absolute atomic E-state index is 11.7. The Labute approximate surface area is 137 Å². The highest BCUT2D eigenvalue weighted by molar-refractivity contribution is 5.81. The number of rotatable bonds is 6. The van der Waals surface area contributed by atoms with Gasteiger partial charge in [0, 0.05) is 19.5 Å². The number of piperidine rings is 1. The minimum Gasteiger partial charge on any atom is -0.449 e. The summed E-state index contributed by atoms with van der Waals surface area (Å²) in [5, 5.41) is 0. The molecule has 0 radical (unpaired) electrons. The number of ether oxygens (including phenoxy) is 3. The zero-order valence-electron chi connectivity index (χ0n) is 14.2. The fraction of sp³-hybridized carbons (Fsp3) is 0.812. The van der Waals surface area contributed by atoms with Crippen molar-refractivity contribution in [3.05, 3.63) is 0 Å². The molecule has 23 heavy (non-hydrogen) atoms. The summed E-state index contributed by atoms with van der Waals surface area (Å²) in [6.07, 6.45) is 1.10. The fourth-order valence-corrected chi connectivity index (χ4v) is 2.23. The Morgan fingerprint density at radius 3 is 2.35 bits per heavy atom. The molecule has 1 aliphatic rings. The van der Waals surface area contributed by atoms with E-state index in [0.29, 0.717) is 32.5 Å². The van der Waals surface area contributed by atoms with Crippen LogP contribution in [0.25, 0.3) is 0 Å². The Bertz CT molecular complexity index is 401. The van der Waals surface area contributed by atoms with Crippen LogP contribution in [0.1, 0.15) is 46.5 Å². The van der Waals surface area contributed by atoms with Crippen LogP contribution in [0.15, 0.2) is 0 Å². The molecule has 0 aliphatic carbocycles. The first kappa shape index (κ1) is 19.3. The van der Waals surface area contributed by atoms with Crippen LogP contribution in [0.5, 0.6) is 0 Å². The molecule has 1 fully saturated rings. The Morgan fingerprint density at radius 2 is 1.78 bits per heavy atom. The minimum atomic E-state index is -0.940. The summed E-state index contributed by atoms with van der Waals surface area (Å²) in [4.78, 5) is 36.4. The Kier molecular flexibility index (Phi) is 8.43. The lowest BCUT2D eigenvalue weighted by Gasteiger charge is -2.30. The van der Waals surface area contributed by atoms with Crippen LogP contribution in [-0.2, 0) is 19.0 Å². The molecule has 7 heteroatoms. The number of carbonyl (C=O) groups excluding carboxylic acids is 3. The van der Waals surface area contributed by atoms with E-state index in [2.05, 4.69) is 4.74 Å². The summed E-state index contributed by atoms with van der Waals surface area (Å²) in [5.74, 6) is -0.282. The van der Waals surface area contributed by atoms with E-state index in [0.717, 1.165) is 6.42 Å². The normalized spacial score (nSPS) is 15.4. The zero-order valence-corrected chi connectivity index (χ0v) is 14.2. The van der Waals surface area contributed by atoms with Crippen LogP contribution in [0.3, 0.4) is 0 Å². The lowest BCUT2D eigenvalue weighted by molar-refractivity contribution is -0.141. The van der Waals surface area contributed by atoms with Crippen molar-refractivity contribution < 1.29 is 28.6 Å². The molecular weight excluding hydrogens is 302 g/mol. The maximum Gasteiger partial charge on any atom is 0.516 e. The van der Waals surface area contributed by atoms with Gasteiger partial charge in [0.25, 0.3) is 0 Å². The molecule has 0 saturated carbocycles. The van der Waals surface area contributed by atoms with Crippen LogP contribution >= 0.6 is 0 Å². The summed E-state index contributed by atoms with van der Waals surface area (Å²) >= 11 is 0. The molecule has 0 aromatic heterocycles. The lowest BCUT2D eigenvalue weighted by atomic mass is 9.94. The molecule has 0 aromatic rings. The smallest absolute Gasteiger partial charge is 0.449 e. The van der Waals surface area contributed by atoms with E-state index in [1.165, 1.54) is 0 Å². The molecule has 0 N–H and O–H groups in total. The molecule has 0 atom stereocenters. The van der Waals surface area contributed by atoms with Gasteiger partial charge in [-0.05, 0) is 31.1 Å². The van der Waals surface area contributed by atoms with Crippen LogP contribution in [-0.4, -0.2) is 49.4 Å². The summed E-state index contributed by atoms with van der Waals surface area (Å²) in [6.45, 7) is 7.49. The van der Waals surface area contributed by atoms with Crippen LogP contribution in [0.2, 0.25) is 0 Å². The molecule has 1 amide bonds. The van der Waals surface area contributed by atoms with Crippen LogP contribution in [0.4, 0.5) is 9.59 Å². The molecule has 0 bridgehead atoms. The van der Waals surface area contributed by atoms with Crippen molar-refractivity contribution in [2.24, 2.45) is 11.8 Å². The molecule has 1 rings (SSSR count). The van der Waals surface area contributed by atoms with Gasteiger partial charge in [-0.2, -0.15) is 0 Å². The topological polar surface area (TPSA) is 82.1 Å². The second-order valence-electron chi connectivity index (χ2n) is 6.18. The molecular formula is C16H27NO6. The first-order chi connectivity index (χ1) is 10.9. The van der Waals surface area contributed by atoms with Crippen molar-refractivity contribution >= 4 is 18.2 Å². The van der Waals surface area contributed by atoms with Crippen molar-refractivity contribution in [3.63, 3.8) is 0 Å². The Morgan fingerprint density at radius 1 is 1.13 bits per heavy atom. The average Bonchev–Trinajstić information content (AvgIpc) is 2.51. The fourth-order valence-electron chi connectivity index (χ4n) is 2.23. The predicted molar refractivity (Wildman–Crippen MR) is 82.8 cm³/mol. The molecule has 1 heterocycles. The molecule has 0 spiro atoms. The number of hydrogen-bond acceptors (Lipinski definition) is 6. The highest BCUT2D eigenvalue weighted by Gasteiger charge is 2.26. The predicted octanol–water partition coefficient (Wildman–Crippen LogP) is 2.97. The third-order valence-corrected chi connectivity index (χ3v) is 3.49. The number of likely N-dealkylation sites (tertiary alicyclic amines) is 1. The highest BCUT2D eigenvalue weighted by Crippen LogP contribution is 2.21. The van der Waals surface area contributed by atoms with E-state index in [1.54, 1.807) is 4.90 Å². The van der Waals surface area contributed by atoms with E-state index < -0.39 is 12.1 Å². The van der Waals surface area contributed by atoms with Crippen molar-refractivity contribution in [3.8, 4) is 0 Å². The average molecular weight is 329 g/mol. The number of carbonyl (C=O) groups is 3. The second-order valence-corrected chi connectivity index (χ2v) is 6.18. The third kappa shape index (κ3) is 7.85. The number of amides is 1. The molecule has 0 unspecified atom stereocenters. The van der Waals surface area contributed by atoms with Gasteiger partial charge in [0.2, 0.25) is 0 Å². The van der Waals surface area contributed by atoms with Gasteiger partial charge in [-0.25, -0.2) is 9.59 Å². The van der Waals surface area contributed by atoms with Crippen LogP contribution < -0.4 is 0 Å². The van der Waals surface area contributed by atoms with Gasteiger partial charge in [0.05, 0.1) is 13.2 Å². The lowest BCUT2D eigenvalue weighted by Crippen LogP contribution is -2.39. The van der Waals surface area contributed by atoms with E-state index in [9.17, 15) is 14.4 Å². The van der Waals surface area contributed by atoms with Crippen molar-refractivity contribution in [1.82, 2.24) is 4.90 Å². The Hall–Kier alpha value is -1.79. The Balaban J connectivity index is 2.23. The van der Waals surface area contributed by atoms with E-state index in [-0.39, 0.29) is 31.0 Å². The minimum absolute atomic E-state index is 0.107. The van der Waals surface area contributed by atoms with Gasteiger partial charge < -0.3 is 19.1 Å². The van der Waals surface area contributed by atoms with E-state index >= 15 is 0 Å². The summed E-state index contributed by atoms with van der Waals surface area (Å²) in [7, 11) is 0. The van der Waals surface area contributed by atoms with Gasteiger partial charge in [-0.1, -0.05) is 20.8 Å². The molecule has 1 aliphatic heterocycles. The van der Waals surface area contributed by atoms with Crippen LogP contribution in [0, 0.1) is 11.8 Å². The summed E-state index contributed by atoms with van der Waals surface area (Å²) < 4.78 is 14.5. The molecule has 0 aromatic carbocycles. The van der Waals surface area contributed by atoms with Gasteiger partial charge in [0.15, 0.2) is 0 Å². The maximum atomic E-state index is 11.7. The second kappa shape index (κ2) is 10.1. The SMILES string of the molecule is CCCOC(=O)N1CCC(CC(=O)OC(=O)OCC(C)C)CC1. The molecule has 132 valence electrons. The van der Waals surface area contributed by atoms with Crippen molar-refractivity contribution in [2.45, 2.75) is 46.5 Å². The monoisotopic (exact) mass is 329 g/mol.